The van der Waals surface area contributed by atoms with Crippen LogP contribution in [-0.4, -0.2) is 15.8 Å². The maximum Gasteiger partial charge on any atom is 0.315 e. The lowest BCUT2D eigenvalue weighted by Crippen LogP contribution is -2.37. The number of benzene rings is 1. The van der Waals surface area contributed by atoms with Crippen molar-refractivity contribution in [1.82, 2.24) is 20.4 Å². The number of aryl methyl sites for hydroxylation is 1. The summed E-state index contributed by atoms with van der Waals surface area (Å²) in [6.07, 6.45) is 1.66. The highest BCUT2D eigenvalue weighted by molar-refractivity contribution is 5.74. The smallest absolute Gasteiger partial charge is 0.315 e. The number of urea groups is 1. The normalized spacial score (nSPS) is 11.9. The number of hydrogen-bond acceptors (Lipinski definition) is 2. The lowest BCUT2D eigenvalue weighted by Gasteiger charge is -2.15. The fraction of sp³-hybridized carbons (Fsp3) is 0.286. The zero-order valence-corrected chi connectivity index (χ0v) is 11.4. The van der Waals surface area contributed by atoms with Gasteiger partial charge in [-0.3, -0.25) is 4.68 Å². The van der Waals surface area contributed by atoms with Crippen LogP contribution in [-0.2, 0) is 13.6 Å². The Balaban J connectivity index is 1.88. The van der Waals surface area contributed by atoms with Gasteiger partial charge in [-0.1, -0.05) is 18.2 Å². The number of amides is 2. The van der Waals surface area contributed by atoms with Crippen LogP contribution in [0.3, 0.4) is 0 Å². The molecule has 2 amide bonds. The molecule has 2 rings (SSSR count). The van der Waals surface area contributed by atoms with Gasteiger partial charge in [0.2, 0.25) is 0 Å². The molecule has 1 atom stereocenters. The number of aromatic nitrogens is 2. The van der Waals surface area contributed by atoms with Crippen molar-refractivity contribution in [2.24, 2.45) is 7.05 Å². The standard InChI is InChI=1S/C14H17FN4O/c1-10(12-5-3-4-6-13(12)15)18-14(20)16-9-11-7-8-17-19(11)2/h3-8,10H,9H2,1-2H3,(H2,16,18,20)/t10-/m1/s1. The van der Waals surface area contributed by atoms with E-state index in [-0.39, 0.29) is 11.8 Å². The molecule has 0 bridgehead atoms. The summed E-state index contributed by atoms with van der Waals surface area (Å²) in [7, 11) is 1.80. The van der Waals surface area contributed by atoms with Gasteiger partial charge in [-0.05, 0) is 19.1 Å². The lowest BCUT2D eigenvalue weighted by atomic mass is 10.1. The molecule has 1 heterocycles. The molecule has 2 N–H and O–H groups in total. The first-order chi connectivity index (χ1) is 9.58. The van der Waals surface area contributed by atoms with Gasteiger partial charge >= 0.3 is 6.03 Å². The average molecular weight is 276 g/mol. The molecule has 106 valence electrons. The molecular weight excluding hydrogens is 259 g/mol. The fourth-order valence-corrected chi connectivity index (χ4v) is 1.90. The molecule has 6 heteroatoms. The van der Waals surface area contributed by atoms with E-state index in [9.17, 15) is 9.18 Å². The molecule has 2 aromatic rings. The van der Waals surface area contributed by atoms with Gasteiger partial charge in [0.25, 0.3) is 0 Å². The van der Waals surface area contributed by atoms with Crippen LogP contribution in [0.4, 0.5) is 9.18 Å². The Morgan fingerprint density at radius 2 is 2.15 bits per heavy atom. The first-order valence-corrected chi connectivity index (χ1v) is 6.33. The molecule has 0 saturated carbocycles. The van der Waals surface area contributed by atoms with E-state index >= 15 is 0 Å². The Bertz CT molecular complexity index is 596. The van der Waals surface area contributed by atoms with Gasteiger partial charge in [0.15, 0.2) is 0 Å². The molecule has 0 spiro atoms. The molecule has 5 nitrogen and oxygen atoms in total. The highest BCUT2D eigenvalue weighted by atomic mass is 19.1. The summed E-state index contributed by atoms with van der Waals surface area (Å²) < 4.78 is 15.3. The highest BCUT2D eigenvalue weighted by Gasteiger charge is 2.12. The molecule has 0 aliphatic heterocycles. The van der Waals surface area contributed by atoms with Crippen molar-refractivity contribution in [2.75, 3.05) is 0 Å². The second kappa shape index (κ2) is 6.18. The number of nitrogens with zero attached hydrogens (tertiary/aromatic N) is 2. The Labute approximate surface area is 116 Å². The zero-order valence-electron chi connectivity index (χ0n) is 11.4. The van der Waals surface area contributed by atoms with E-state index < -0.39 is 6.04 Å². The van der Waals surface area contributed by atoms with Crippen molar-refractivity contribution in [2.45, 2.75) is 19.5 Å². The average Bonchev–Trinajstić information content (AvgIpc) is 2.82. The molecule has 0 aliphatic carbocycles. The maximum absolute atomic E-state index is 13.6. The van der Waals surface area contributed by atoms with Crippen LogP contribution in [0.1, 0.15) is 24.2 Å². The number of hydrogen-bond donors (Lipinski definition) is 2. The van der Waals surface area contributed by atoms with Crippen LogP contribution in [0, 0.1) is 5.82 Å². The topological polar surface area (TPSA) is 59.0 Å². The minimum atomic E-state index is -0.400. The molecule has 1 aromatic heterocycles. The first kappa shape index (κ1) is 14.0. The summed E-state index contributed by atoms with van der Waals surface area (Å²) in [5.74, 6) is -0.327. The van der Waals surface area contributed by atoms with E-state index in [4.69, 9.17) is 0 Å². The number of rotatable bonds is 4. The minimum absolute atomic E-state index is 0.327. The Morgan fingerprint density at radius 1 is 1.40 bits per heavy atom. The Kier molecular flexibility index (Phi) is 4.34. The predicted molar refractivity (Wildman–Crippen MR) is 73.4 cm³/mol. The molecule has 0 radical (unpaired) electrons. The van der Waals surface area contributed by atoms with E-state index in [1.165, 1.54) is 6.07 Å². The molecule has 20 heavy (non-hydrogen) atoms. The number of carbonyl (C=O) groups is 1. The van der Waals surface area contributed by atoms with Gasteiger partial charge in [0.1, 0.15) is 5.82 Å². The number of halogens is 1. The summed E-state index contributed by atoms with van der Waals surface area (Å²) in [6.45, 7) is 2.11. The van der Waals surface area contributed by atoms with Crippen molar-refractivity contribution in [3.63, 3.8) is 0 Å². The second-order valence-electron chi connectivity index (χ2n) is 4.52. The second-order valence-corrected chi connectivity index (χ2v) is 4.52. The summed E-state index contributed by atoms with van der Waals surface area (Å²) in [6, 6.07) is 7.46. The van der Waals surface area contributed by atoms with E-state index in [1.54, 1.807) is 43.0 Å². The maximum atomic E-state index is 13.6. The molecule has 0 saturated heterocycles. The largest absolute Gasteiger partial charge is 0.333 e. The molecule has 0 aliphatic rings. The van der Waals surface area contributed by atoms with Crippen molar-refractivity contribution in [3.8, 4) is 0 Å². The third kappa shape index (κ3) is 3.34. The van der Waals surface area contributed by atoms with Gasteiger partial charge in [0.05, 0.1) is 18.3 Å². The van der Waals surface area contributed by atoms with E-state index in [0.29, 0.717) is 12.1 Å². The van der Waals surface area contributed by atoms with Crippen LogP contribution in [0.5, 0.6) is 0 Å². The van der Waals surface area contributed by atoms with Gasteiger partial charge in [-0.25, -0.2) is 9.18 Å². The summed E-state index contributed by atoms with van der Waals surface area (Å²) in [5, 5.41) is 9.42. The first-order valence-electron chi connectivity index (χ1n) is 6.33. The number of carbonyl (C=O) groups excluding carboxylic acids is 1. The van der Waals surface area contributed by atoms with Gasteiger partial charge in [-0.15, -0.1) is 0 Å². The third-order valence-corrected chi connectivity index (χ3v) is 3.07. The van der Waals surface area contributed by atoms with Crippen LogP contribution in [0.2, 0.25) is 0 Å². The zero-order chi connectivity index (χ0) is 14.5. The quantitative estimate of drug-likeness (QED) is 0.898. The summed E-state index contributed by atoms with van der Waals surface area (Å²) >= 11 is 0. The van der Waals surface area contributed by atoms with Crippen LogP contribution in [0.15, 0.2) is 36.5 Å². The van der Waals surface area contributed by atoms with E-state index in [2.05, 4.69) is 15.7 Å². The van der Waals surface area contributed by atoms with Crippen molar-refractivity contribution in [3.05, 3.63) is 53.6 Å². The molecule has 0 unspecified atom stereocenters. The van der Waals surface area contributed by atoms with Crippen LogP contribution in [0.25, 0.3) is 0 Å². The van der Waals surface area contributed by atoms with Crippen LogP contribution < -0.4 is 10.6 Å². The van der Waals surface area contributed by atoms with Gasteiger partial charge in [-0.2, -0.15) is 5.10 Å². The Hall–Kier alpha value is -2.37. The predicted octanol–water partition coefficient (Wildman–Crippen LogP) is 2.12. The SMILES string of the molecule is C[C@@H](NC(=O)NCc1ccnn1C)c1ccccc1F. The fourth-order valence-electron chi connectivity index (χ4n) is 1.90. The van der Waals surface area contributed by atoms with Gasteiger partial charge in [0, 0.05) is 18.8 Å². The van der Waals surface area contributed by atoms with E-state index in [1.807, 2.05) is 6.07 Å². The van der Waals surface area contributed by atoms with Crippen LogP contribution >= 0.6 is 0 Å². The monoisotopic (exact) mass is 276 g/mol. The summed E-state index contributed by atoms with van der Waals surface area (Å²) in [5.41, 5.74) is 1.35. The van der Waals surface area contributed by atoms with Crippen molar-refractivity contribution in [1.29, 1.82) is 0 Å². The lowest BCUT2D eigenvalue weighted by molar-refractivity contribution is 0.237. The van der Waals surface area contributed by atoms with Crippen molar-refractivity contribution >= 4 is 6.03 Å². The molecular formula is C14H17FN4O. The third-order valence-electron chi connectivity index (χ3n) is 3.07. The van der Waals surface area contributed by atoms with Gasteiger partial charge < -0.3 is 10.6 Å². The van der Waals surface area contributed by atoms with E-state index in [0.717, 1.165) is 5.69 Å². The van der Waals surface area contributed by atoms with Crippen molar-refractivity contribution < 1.29 is 9.18 Å². The molecule has 1 aromatic carbocycles. The highest BCUT2D eigenvalue weighted by Crippen LogP contribution is 2.15. The minimum Gasteiger partial charge on any atom is -0.333 e. The Morgan fingerprint density at radius 3 is 2.80 bits per heavy atom. The molecule has 0 fully saturated rings. The number of nitrogens with one attached hydrogen (secondary N) is 2. The summed E-state index contributed by atoms with van der Waals surface area (Å²) in [4.78, 5) is 11.8.